The first-order valence-electron chi connectivity index (χ1n) is 12.7. The van der Waals surface area contributed by atoms with Gasteiger partial charge in [-0.3, -0.25) is 0 Å². The van der Waals surface area contributed by atoms with E-state index >= 15 is 0 Å². The zero-order valence-corrected chi connectivity index (χ0v) is 21.9. The molecular formula is C31H39ClSi. The van der Waals surface area contributed by atoms with E-state index in [4.69, 9.17) is 18.2 Å². The molecule has 0 nitrogen and oxygen atoms in total. The molecule has 0 amide bonds. The lowest BCUT2D eigenvalue weighted by Crippen LogP contribution is -2.69. The van der Waals surface area contributed by atoms with Gasteiger partial charge in [-0.05, 0) is 22.0 Å². The molecule has 0 fully saturated rings. The van der Waals surface area contributed by atoms with E-state index in [1.807, 2.05) is 0 Å². The molecule has 0 saturated heterocycles. The summed E-state index contributed by atoms with van der Waals surface area (Å²) in [5, 5.41) is 5.24. The minimum absolute atomic E-state index is 0.0302. The lowest BCUT2D eigenvalue weighted by Gasteiger charge is -2.37. The van der Waals surface area contributed by atoms with Crippen LogP contribution in [0.25, 0.3) is 0 Å². The molecule has 33 heavy (non-hydrogen) atoms. The highest BCUT2D eigenvalue weighted by atomic mass is 35.5. The highest BCUT2D eigenvalue weighted by Gasteiger charge is 2.44. The van der Waals surface area contributed by atoms with Crippen molar-refractivity contribution >= 4 is 35.2 Å². The van der Waals surface area contributed by atoms with Gasteiger partial charge in [-0.2, -0.15) is 0 Å². The highest BCUT2D eigenvalue weighted by Crippen LogP contribution is 2.26. The van der Waals surface area contributed by atoms with Crippen LogP contribution >= 0.6 is 11.6 Å². The summed E-state index contributed by atoms with van der Waals surface area (Å²) in [4.78, 5) is 0. The number of alkyl halides is 1. The van der Waals surface area contributed by atoms with Crippen LogP contribution in [0.4, 0.5) is 0 Å². The molecule has 0 aliphatic heterocycles. The van der Waals surface area contributed by atoms with Gasteiger partial charge in [0.25, 0.3) is 0 Å². The van der Waals surface area contributed by atoms with Gasteiger partial charge in [-0.25, -0.2) is 0 Å². The Balaban J connectivity index is 1.85. The molecule has 0 heterocycles. The van der Waals surface area contributed by atoms with Gasteiger partial charge in [0.2, 0.25) is 0 Å². The summed E-state index contributed by atoms with van der Waals surface area (Å²) in [6.07, 6.45) is 11.5. The van der Waals surface area contributed by atoms with E-state index in [0.717, 1.165) is 6.42 Å². The first-order valence-corrected chi connectivity index (χ1v) is 15.1. The van der Waals surface area contributed by atoms with Crippen LogP contribution in [-0.2, 0) is 0 Å². The molecule has 174 valence electrons. The molecule has 1 atom stereocenters. The SMILES string of the molecule is C=C(C(Cl)CCCCCCCCCC)[Si](c1ccccc1)(c1ccccc1)c1ccccc1. The molecule has 0 bridgehead atoms. The van der Waals surface area contributed by atoms with Crippen LogP contribution in [0.3, 0.4) is 0 Å². The van der Waals surface area contributed by atoms with E-state index in [0.29, 0.717) is 0 Å². The maximum Gasteiger partial charge on any atom is 0.176 e. The van der Waals surface area contributed by atoms with E-state index < -0.39 is 8.07 Å². The van der Waals surface area contributed by atoms with E-state index in [1.165, 1.54) is 72.1 Å². The third kappa shape index (κ3) is 6.49. The number of unbranched alkanes of at least 4 members (excludes halogenated alkanes) is 7. The number of halogens is 1. The molecule has 0 spiro atoms. The van der Waals surface area contributed by atoms with E-state index in [2.05, 4.69) is 97.9 Å². The van der Waals surface area contributed by atoms with E-state index in [9.17, 15) is 0 Å². The Morgan fingerprint density at radius 2 is 1.00 bits per heavy atom. The summed E-state index contributed by atoms with van der Waals surface area (Å²) >= 11 is 7.18. The fourth-order valence-electron chi connectivity index (χ4n) is 4.99. The summed E-state index contributed by atoms with van der Waals surface area (Å²) < 4.78 is 0. The molecule has 2 heteroatoms. The number of hydrogen-bond acceptors (Lipinski definition) is 0. The second-order valence-electron chi connectivity index (χ2n) is 9.10. The van der Waals surface area contributed by atoms with Gasteiger partial charge in [-0.15, -0.1) is 18.2 Å². The molecule has 1 unspecified atom stereocenters. The molecular weight excluding hydrogens is 436 g/mol. The second-order valence-corrected chi connectivity index (χ2v) is 13.5. The minimum Gasteiger partial charge on any atom is -0.119 e. The summed E-state index contributed by atoms with van der Waals surface area (Å²) in [5.74, 6) is 0. The highest BCUT2D eigenvalue weighted by molar-refractivity contribution is 7.16. The fraction of sp³-hybridized carbons (Fsp3) is 0.355. The Labute approximate surface area is 207 Å². The first kappa shape index (κ1) is 25.5. The van der Waals surface area contributed by atoms with Gasteiger partial charge in [0.1, 0.15) is 0 Å². The van der Waals surface area contributed by atoms with Crippen molar-refractivity contribution in [2.45, 2.75) is 70.1 Å². The molecule has 0 aliphatic carbocycles. The van der Waals surface area contributed by atoms with Crippen molar-refractivity contribution in [3.05, 3.63) is 103 Å². The maximum absolute atomic E-state index is 7.18. The maximum atomic E-state index is 7.18. The summed E-state index contributed by atoms with van der Waals surface area (Å²) in [7, 11) is -2.51. The number of allylic oxidation sites excluding steroid dienone is 1. The van der Waals surface area contributed by atoms with Crippen molar-refractivity contribution in [3.63, 3.8) is 0 Å². The third-order valence-electron chi connectivity index (χ3n) is 6.79. The molecule has 0 saturated carbocycles. The van der Waals surface area contributed by atoms with Gasteiger partial charge in [0, 0.05) is 0 Å². The molecule has 3 aromatic carbocycles. The van der Waals surface area contributed by atoms with Crippen molar-refractivity contribution in [2.75, 3.05) is 0 Å². The normalized spacial score (nSPS) is 12.4. The van der Waals surface area contributed by atoms with Crippen LogP contribution in [0.15, 0.2) is 103 Å². The van der Waals surface area contributed by atoms with Gasteiger partial charge in [0.15, 0.2) is 8.07 Å². The summed E-state index contributed by atoms with van der Waals surface area (Å²) in [6.45, 7) is 7.01. The number of benzene rings is 3. The molecule has 3 rings (SSSR count). The Bertz CT molecular complexity index is 840. The Morgan fingerprint density at radius 1 is 0.636 bits per heavy atom. The van der Waals surface area contributed by atoms with Gasteiger partial charge >= 0.3 is 0 Å². The van der Waals surface area contributed by atoms with Crippen LogP contribution < -0.4 is 15.6 Å². The monoisotopic (exact) mass is 474 g/mol. The molecule has 0 radical (unpaired) electrons. The first-order chi connectivity index (χ1) is 16.2. The van der Waals surface area contributed by atoms with Crippen LogP contribution in [-0.4, -0.2) is 13.5 Å². The minimum atomic E-state index is -2.51. The smallest absolute Gasteiger partial charge is 0.119 e. The largest absolute Gasteiger partial charge is 0.176 e. The van der Waals surface area contributed by atoms with Crippen molar-refractivity contribution in [2.24, 2.45) is 0 Å². The Morgan fingerprint density at radius 3 is 1.39 bits per heavy atom. The topological polar surface area (TPSA) is 0 Å². The molecule has 0 aliphatic rings. The quantitative estimate of drug-likeness (QED) is 0.0988. The third-order valence-corrected chi connectivity index (χ3v) is 12.4. The lowest BCUT2D eigenvalue weighted by molar-refractivity contribution is 0.566. The van der Waals surface area contributed by atoms with Crippen molar-refractivity contribution in [3.8, 4) is 0 Å². The van der Waals surface area contributed by atoms with Crippen LogP contribution in [0, 0.1) is 0 Å². The van der Waals surface area contributed by atoms with Crippen molar-refractivity contribution in [1.29, 1.82) is 0 Å². The zero-order chi connectivity index (χ0) is 23.4. The Hall–Kier alpha value is -2.09. The van der Waals surface area contributed by atoms with E-state index in [-0.39, 0.29) is 5.38 Å². The van der Waals surface area contributed by atoms with E-state index in [1.54, 1.807) is 0 Å². The van der Waals surface area contributed by atoms with Crippen molar-refractivity contribution in [1.82, 2.24) is 0 Å². The molecule has 0 N–H and O–H groups in total. The van der Waals surface area contributed by atoms with Gasteiger partial charge in [-0.1, -0.05) is 154 Å². The van der Waals surface area contributed by atoms with Gasteiger partial charge in [0.05, 0.1) is 5.38 Å². The number of hydrogen-bond donors (Lipinski definition) is 0. The van der Waals surface area contributed by atoms with Crippen LogP contribution in [0.2, 0.25) is 0 Å². The number of rotatable bonds is 14. The van der Waals surface area contributed by atoms with Crippen LogP contribution in [0.1, 0.15) is 64.7 Å². The molecule has 0 aromatic heterocycles. The predicted molar refractivity (Wildman–Crippen MR) is 150 cm³/mol. The average molecular weight is 475 g/mol. The zero-order valence-electron chi connectivity index (χ0n) is 20.2. The Kier molecular flexibility index (Phi) is 10.5. The van der Waals surface area contributed by atoms with Crippen molar-refractivity contribution < 1.29 is 0 Å². The second kappa shape index (κ2) is 13.6. The fourth-order valence-corrected chi connectivity index (χ4v) is 10.4. The lowest BCUT2D eigenvalue weighted by atomic mass is 10.1. The van der Waals surface area contributed by atoms with Crippen LogP contribution in [0.5, 0.6) is 0 Å². The standard InChI is InChI=1S/C31H39ClSi/c1-3-4-5-6-7-8-9-19-26-31(32)27(2)33(28-20-13-10-14-21-28,29-22-15-11-16-23-29)30-24-17-12-18-25-30/h10-18,20-25,31H,2-9,19,26H2,1H3. The van der Waals surface area contributed by atoms with Gasteiger partial charge < -0.3 is 0 Å². The summed E-state index contributed by atoms with van der Waals surface area (Å²) in [5.41, 5.74) is 0. The molecule has 3 aromatic rings. The summed E-state index contributed by atoms with van der Waals surface area (Å²) in [6, 6.07) is 32.8. The predicted octanol–water partition coefficient (Wildman–Crippen LogP) is 7.39. The average Bonchev–Trinajstić information content (AvgIpc) is 2.88.